The van der Waals surface area contributed by atoms with Gasteiger partial charge in [0, 0.05) is 47.8 Å². The van der Waals surface area contributed by atoms with Gasteiger partial charge < -0.3 is 18.8 Å². The van der Waals surface area contributed by atoms with Crippen LogP contribution in [0.4, 0.5) is 0 Å². The average Bonchev–Trinajstić information content (AvgIpc) is 3.33. The number of ether oxygens (including phenoxy) is 1. The van der Waals surface area contributed by atoms with Crippen molar-refractivity contribution < 1.29 is 9.53 Å². The molecule has 1 amide bonds. The number of carbonyl (C=O) groups is 1. The molecule has 2 aromatic heterocycles. The van der Waals surface area contributed by atoms with Gasteiger partial charge in [-0.2, -0.15) is 0 Å². The number of pyridine rings is 1. The van der Waals surface area contributed by atoms with E-state index in [1.54, 1.807) is 33.8 Å². The molecule has 7 nitrogen and oxygen atoms in total. The molecule has 6 rings (SSSR count). The number of nitrogens with zero attached hydrogens (tertiary/aromatic N) is 4. The maximum atomic E-state index is 13.3. The van der Waals surface area contributed by atoms with E-state index in [4.69, 9.17) is 16.3 Å². The van der Waals surface area contributed by atoms with Gasteiger partial charge >= 0.3 is 0 Å². The first-order chi connectivity index (χ1) is 15.0. The molecule has 1 saturated carbocycles. The van der Waals surface area contributed by atoms with Gasteiger partial charge in [-0.25, -0.2) is 4.98 Å². The number of imidazole rings is 1. The van der Waals surface area contributed by atoms with Crippen LogP contribution >= 0.6 is 11.6 Å². The highest BCUT2D eigenvalue weighted by molar-refractivity contribution is 6.30. The molecule has 1 unspecified atom stereocenters. The summed E-state index contributed by atoms with van der Waals surface area (Å²) in [5.74, 6) is 1.15. The fourth-order valence-electron chi connectivity index (χ4n) is 5.12. The smallest absolute Gasteiger partial charge is 0.275 e. The molecular formula is C23H21ClN4O3. The van der Waals surface area contributed by atoms with E-state index in [2.05, 4.69) is 4.98 Å². The zero-order valence-electron chi connectivity index (χ0n) is 17.0. The highest BCUT2D eigenvalue weighted by atomic mass is 35.5. The van der Waals surface area contributed by atoms with Crippen molar-refractivity contribution in [2.45, 2.75) is 25.3 Å². The number of halogens is 1. The van der Waals surface area contributed by atoms with Crippen LogP contribution in [0, 0.1) is 12.8 Å². The summed E-state index contributed by atoms with van der Waals surface area (Å²) in [5, 5.41) is 0.679. The van der Waals surface area contributed by atoms with Gasteiger partial charge in [-0.15, -0.1) is 0 Å². The minimum Gasteiger partial charge on any atom is -0.493 e. The SMILES string of the molecule is Cc1cn(-c2ccc3n(c2=O)CCN(CC24C[C@H]2COc2ccc(Cl)cc24)C3=O)cn1. The molecule has 158 valence electrons. The standard InChI is InChI=1S/C23H21ClN4O3/c1-14-10-27(13-25-14)18-3-4-19-21(29)26(6-7-28(19)22(18)30)12-23-9-15(23)11-31-20-5-2-16(24)8-17(20)23/h2-5,8,10,13,15H,6-7,9,11-12H2,1H3/t15-,23?/m0/s1. The van der Waals surface area contributed by atoms with Crippen LogP contribution in [0.15, 0.2) is 47.7 Å². The molecule has 8 heteroatoms. The third kappa shape index (κ3) is 2.76. The van der Waals surface area contributed by atoms with Crippen molar-refractivity contribution in [3.05, 3.63) is 75.2 Å². The second kappa shape index (κ2) is 6.47. The van der Waals surface area contributed by atoms with Gasteiger partial charge in [0.05, 0.1) is 18.6 Å². The summed E-state index contributed by atoms with van der Waals surface area (Å²) in [6.07, 6.45) is 4.41. The van der Waals surface area contributed by atoms with E-state index in [9.17, 15) is 9.59 Å². The van der Waals surface area contributed by atoms with Crippen LogP contribution < -0.4 is 10.3 Å². The Balaban J connectivity index is 1.32. The Hall–Kier alpha value is -3.06. The molecular weight excluding hydrogens is 416 g/mol. The Morgan fingerprint density at radius 2 is 2.10 bits per heavy atom. The normalized spacial score (nSPS) is 23.6. The minimum absolute atomic E-state index is 0.105. The van der Waals surface area contributed by atoms with Gasteiger partial charge in [-0.1, -0.05) is 11.6 Å². The molecule has 0 bridgehead atoms. The quantitative estimate of drug-likeness (QED) is 0.633. The number of aromatic nitrogens is 3. The number of amides is 1. The summed E-state index contributed by atoms with van der Waals surface area (Å²) in [5.41, 5.74) is 2.58. The van der Waals surface area contributed by atoms with Crippen molar-refractivity contribution in [1.29, 1.82) is 0 Å². The molecule has 31 heavy (non-hydrogen) atoms. The summed E-state index contributed by atoms with van der Waals surface area (Å²) in [6, 6.07) is 9.18. The maximum absolute atomic E-state index is 13.3. The van der Waals surface area contributed by atoms with E-state index in [1.807, 2.05) is 30.0 Å². The second-order valence-electron chi connectivity index (χ2n) is 8.72. The van der Waals surface area contributed by atoms with E-state index >= 15 is 0 Å². The zero-order valence-corrected chi connectivity index (χ0v) is 17.8. The Bertz CT molecular complexity index is 1300. The Morgan fingerprint density at radius 3 is 2.90 bits per heavy atom. The summed E-state index contributed by atoms with van der Waals surface area (Å²) in [6.45, 7) is 4.13. The lowest BCUT2D eigenvalue weighted by molar-refractivity contribution is 0.0670. The number of benzene rings is 1. The lowest BCUT2D eigenvalue weighted by Crippen LogP contribution is -2.48. The van der Waals surface area contributed by atoms with Crippen molar-refractivity contribution in [2.24, 2.45) is 5.92 Å². The van der Waals surface area contributed by atoms with Crippen molar-refractivity contribution in [3.8, 4) is 11.4 Å². The van der Waals surface area contributed by atoms with Crippen LogP contribution in [0.25, 0.3) is 5.69 Å². The maximum Gasteiger partial charge on any atom is 0.275 e. The van der Waals surface area contributed by atoms with Gasteiger partial charge in [-0.05, 0) is 43.7 Å². The van der Waals surface area contributed by atoms with Crippen LogP contribution in [0.3, 0.4) is 0 Å². The number of fused-ring (bicyclic) bond motifs is 4. The Morgan fingerprint density at radius 1 is 1.23 bits per heavy atom. The van der Waals surface area contributed by atoms with Crippen molar-refractivity contribution in [1.82, 2.24) is 19.0 Å². The highest BCUT2D eigenvalue weighted by Crippen LogP contribution is 2.60. The molecule has 1 aromatic carbocycles. The molecule has 0 radical (unpaired) electrons. The van der Waals surface area contributed by atoms with E-state index in [0.29, 0.717) is 48.6 Å². The van der Waals surface area contributed by atoms with Crippen LogP contribution in [0.5, 0.6) is 5.75 Å². The van der Waals surface area contributed by atoms with E-state index in [-0.39, 0.29) is 16.9 Å². The predicted octanol–water partition coefficient (Wildman–Crippen LogP) is 2.80. The largest absolute Gasteiger partial charge is 0.493 e. The van der Waals surface area contributed by atoms with E-state index < -0.39 is 0 Å². The van der Waals surface area contributed by atoms with Crippen LogP contribution in [0.1, 0.15) is 28.2 Å². The molecule has 2 aliphatic heterocycles. The molecule has 1 fully saturated rings. The van der Waals surface area contributed by atoms with Crippen molar-refractivity contribution in [2.75, 3.05) is 19.7 Å². The number of hydrogen-bond donors (Lipinski definition) is 0. The first kappa shape index (κ1) is 18.7. The number of rotatable bonds is 3. The zero-order chi connectivity index (χ0) is 21.3. The highest BCUT2D eigenvalue weighted by Gasteiger charge is 2.60. The molecule has 2 atom stereocenters. The molecule has 3 aliphatic rings. The molecule has 1 aliphatic carbocycles. The molecule has 0 saturated heterocycles. The Labute approximate surface area is 183 Å². The lowest BCUT2D eigenvalue weighted by Gasteiger charge is -2.35. The fraction of sp³-hybridized carbons (Fsp3) is 0.348. The second-order valence-corrected chi connectivity index (χ2v) is 9.15. The van der Waals surface area contributed by atoms with E-state index in [0.717, 1.165) is 23.4 Å². The first-order valence-electron chi connectivity index (χ1n) is 10.4. The number of carbonyl (C=O) groups excluding carboxylic acids is 1. The third-order valence-electron chi connectivity index (χ3n) is 6.87. The van der Waals surface area contributed by atoms with Crippen molar-refractivity contribution >= 4 is 17.5 Å². The topological polar surface area (TPSA) is 69.4 Å². The summed E-state index contributed by atoms with van der Waals surface area (Å²) >= 11 is 6.26. The fourth-order valence-corrected chi connectivity index (χ4v) is 5.29. The number of aryl methyl sites for hydroxylation is 1. The van der Waals surface area contributed by atoms with Crippen LogP contribution in [0.2, 0.25) is 5.02 Å². The van der Waals surface area contributed by atoms with Gasteiger partial charge in [0.15, 0.2) is 0 Å². The molecule has 4 heterocycles. The molecule has 3 aromatic rings. The Kier molecular flexibility index (Phi) is 3.90. The summed E-state index contributed by atoms with van der Waals surface area (Å²) in [7, 11) is 0. The minimum atomic E-state index is -0.173. The summed E-state index contributed by atoms with van der Waals surface area (Å²) < 4.78 is 9.18. The molecule has 0 N–H and O–H groups in total. The van der Waals surface area contributed by atoms with Gasteiger partial charge in [0.25, 0.3) is 11.5 Å². The lowest BCUT2D eigenvalue weighted by atomic mass is 9.90. The van der Waals surface area contributed by atoms with Crippen LogP contribution in [-0.2, 0) is 12.0 Å². The van der Waals surface area contributed by atoms with Gasteiger partial charge in [-0.3, -0.25) is 9.59 Å². The average molecular weight is 437 g/mol. The predicted molar refractivity (Wildman–Crippen MR) is 115 cm³/mol. The van der Waals surface area contributed by atoms with Crippen LogP contribution in [-0.4, -0.2) is 44.6 Å². The number of hydrogen-bond acceptors (Lipinski definition) is 4. The van der Waals surface area contributed by atoms with Gasteiger partial charge in [0.2, 0.25) is 0 Å². The first-order valence-corrected chi connectivity index (χ1v) is 10.8. The third-order valence-corrected chi connectivity index (χ3v) is 7.10. The van der Waals surface area contributed by atoms with Gasteiger partial charge in [0.1, 0.15) is 17.1 Å². The molecule has 0 spiro atoms. The summed E-state index contributed by atoms with van der Waals surface area (Å²) in [4.78, 5) is 32.5. The van der Waals surface area contributed by atoms with Crippen molar-refractivity contribution in [3.63, 3.8) is 0 Å². The monoisotopic (exact) mass is 436 g/mol. The van der Waals surface area contributed by atoms with E-state index in [1.165, 1.54) is 0 Å².